The average Bonchev–Trinajstić information content (AvgIpc) is 2.69. The minimum absolute atomic E-state index is 0.145. The Bertz CT molecular complexity index is 956. The number of rotatable bonds is 4. The summed E-state index contributed by atoms with van der Waals surface area (Å²) >= 11 is 1.72. The fourth-order valence-electron chi connectivity index (χ4n) is 3.19. The summed E-state index contributed by atoms with van der Waals surface area (Å²) in [6.45, 7) is 2.93. The van der Waals surface area contributed by atoms with E-state index in [2.05, 4.69) is 38.9 Å². The van der Waals surface area contributed by atoms with E-state index in [9.17, 15) is 4.79 Å². The Labute approximate surface area is 163 Å². The highest BCUT2D eigenvalue weighted by atomic mass is 32.2. The number of carbonyl (C=O) groups excluding carboxylic acids is 1. The van der Waals surface area contributed by atoms with Crippen molar-refractivity contribution in [3.63, 3.8) is 0 Å². The van der Waals surface area contributed by atoms with E-state index in [1.807, 2.05) is 43.3 Å². The second-order valence-corrected chi connectivity index (χ2v) is 7.66. The molecule has 1 N–H and O–H groups in total. The van der Waals surface area contributed by atoms with E-state index in [4.69, 9.17) is 0 Å². The Hall–Kier alpha value is -2.79. The molecule has 0 aliphatic carbocycles. The van der Waals surface area contributed by atoms with Crippen LogP contribution in [0.3, 0.4) is 0 Å². The third-order valence-electron chi connectivity index (χ3n) is 4.53. The number of anilines is 2. The highest BCUT2D eigenvalue weighted by Crippen LogP contribution is 2.35. The summed E-state index contributed by atoms with van der Waals surface area (Å²) in [6, 6.07) is 21.9. The lowest BCUT2D eigenvalue weighted by molar-refractivity contribution is 0.102. The van der Waals surface area contributed by atoms with Crippen molar-refractivity contribution < 1.29 is 4.79 Å². The maximum Gasteiger partial charge on any atom is 0.256 e. The summed E-state index contributed by atoms with van der Waals surface area (Å²) in [6.07, 6.45) is 2.30. The van der Waals surface area contributed by atoms with Crippen molar-refractivity contribution in [2.45, 2.75) is 24.7 Å². The van der Waals surface area contributed by atoms with Crippen LogP contribution in [0.15, 0.2) is 71.6 Å². The summed E-state index contributed by atoms with van der Waals surface area (Å²) in [5, 5.41) is 2.85. The molecule has 0 fully saturated rings. The third kappa shape index (κ3) is 4.14. The van der Waals surface area contributed by atoms with Gasteiger partial charge in [0.15, 0.2) is 0 Å². The number of aryl methyl sites for hydroxylation is 2. The van der Waals surface area contributed by atoms with Gasteiger partial charge >= 0.3 is 0 Å². The number of aromatic nitrogens is 1. The van der Waals surface area contributed by atoms with Crippen molar-refractivity contribution in [2.75, 3.05) is 16.2 Å². The normalized spacial score (nSPS) is 13.1. The van der Waals surface area contributed by atoms with Crippen LogP contribution >= 0.6 is 11.9 Å². The lowest BCUT2D eigenvalue weighted by Gasteiger charge is -2.29. The van der Waals surface area contributed by atoms with Gasteiger partial charge in [0.2, 0.25) is 0 Å². The smallest absolute Gasteiger partial charge is 0.256 e. The van der Waals surface area contributed by atoms with E-state index < -0.39 is 0 Å². The molecule has 0 unspecified atom stereocenters. The Kier molecular flexibility index (Phi) is 5.12. The van der Waals surface area contributed by atoms with Crippen LogP contribution in [0.25, 0.3) is 0 Å². The molecule has 1 aromatic heterocycles. The van der Waals surface area contributed by atoms with E-state index in [0.717, 1.165) is 30.0 Å². The van der Waals surface area contributed by atoms with Crippen molar-refractivity contribution >= 4 is 29.4 Å². The number of amides is 1. The SMILES string of the molecule is Cc1cccc(NC(=O)c2ccc(SN3CCCc4ccccc43)cc2)n1. The summed E-state index contributed by atoms with van der Waals surface area (Å²) in [5.74, 6) is 0.427. The highest BCUT2D eigenvalue weighted by Gasteiger charge is 2.17. The zero-order valence-electron chi connectivity index (χ0n) is 15.2. The maximum atomic E-state index is 12.4. The fraction of sp³-hybridized carbons (Fsp3) is 0.182. The van der Waals surface area contributed by atoms with E-state index in [0.29, 0.717) is 11.4 Å². The minimum atomic E-state index is -0.145. The monoisotopic (exact) mass is 375 g/mol. The number of nitrogens with one attached hydrogen (secondary N) is 1. The molecule has 1 aliphatic rings. The lowest BCUT2D eigenvalue weighted by Crippen LogP contribution is -2.22. The topological polar surface area (TPSA) is 45.2 Å². The molecule has 5 heteroatoms. The van der Waals surface area contributed by atoms with Crippen LogP contribution < -0.4 is 9.62 Å². The Morgan fingerprint density at radius 2 is 1.85 bits per heavy atom. The van der Waals surface area contributed by atoms with Gasteiger partial charge < -0.3 is 9.62 Å². The fourth-order valence-corrected chi connectivity index (χ4v) is 4.20. The number of hydrogen-bond donors (Lipinski definition) is 1. The molecule has 0 spiro atoms. The van der Waals surface area contributed by atoms with Gasteiger partial charge in [-0.25, -0.2) is 4.98 Å². The third-order valence-corrected chi connectivity index (χ3v) is 5.61. The first kappa shape index (κ1) is 17.6. The largest absolute Gasteiger partial charge is 0.312 e. The van der Waals surface area contributed by atoms with Gasteiger partial charge in [-0.1, -0.05) is 24.3 Å². The number of carbonyl (C=O) groups is 1. The number of para-hydroxylation sites is 1. The van der Waals surface area contributed by atoms with Gasteiger partial charge in [0, 0.05) is 22.7 Å². The van der Waals surface area contributed by atoms with Crippen LogP contribution in [0.5, 0.6) is 0 Å². The Balaban J connectivity index is 1.44. The van der Waals surface area contributed by atoms with Crippen LogP contribution in [-0.4, -0.2) is 17.4 Å². The minimum Gasteiger partial charge on any atom is -0.312 e. The maximum absolute atomic E-state index is 12.4. The number of pyridine rings is 1. The lowest BCUT2D eigenvalue weighted by atomic mass is 10.0. The van der Waals surface area contributed by atoms with E-state index >= 15 is 0 Å². The molecule has 0 radical (unpaired) electrons. The van der Waals surface area contributed by atoms with Gasteiger partial charge in [0.1, 0.15) is 5.82 Å². The Morgan fingerprint density at radius 1 is 1.04 bits per heavy atom. The molecule has 4 nitrogen and oxygen atoms in total. The summed E-state index contributed by atoms with van der Waals surface area (Å²) in [7, 11) is 0. The zero-order chi connectivity index (χ0) is 18.6. The molecule has 1 amide bonds. The van der Waals surface area contributed by atoms with Gasteiger partial charge in [-0.15, -0.1) is 0 Å². The molecule has 136 valence electrons. The molecule has 4 rings (SSSR count). The molecule has 1 aliphatic heterocycles. The van der Waals surface area contributed by atoms with Gasteiger partial charge in [-0.3, -0.25) is 4.79 Å². The molecule has 0 atom stereocenters. The second kappa shape index (κ2) is 7.84. The van der Waals surface area contributed by atoms with Crippen LogP contribution in [0.2, 0.25) is 0 Å². The predicted octanol–water partition coefficient (Wildman–Crippen LogP) is 5.10. The van der Waals surface area contributed by atoms with Gasteiger partial charge in [0.05, 0.1) is 5.69 Å². The second-order valence-electron chi connectivity index (χ2n) is 6.57. The number of nitrogens with zero attached hydrogens (tertiary/aromatic N) is 2. The molecule has 0 saturated heterocycles. The van der Waals surface area contributed by atoms with Crippen LogP contribution in [0.1, 0.15) is 28.0 Å². The van der Waals surface area contributed by atoms with E-state index in [1.54, 1.807) is 18.0 Å². The number of hydrogen-bond acceptors (Lipinski definition) is 4. The average molecular weight is 375 g/mol. The predicted molar refractivity (Wildman–Crippen MR) is 111 cm³/mol. The first-order valence-corrected chi connectivity index (χ1v) is 9.85. The first-order valence-electron chi connectivity index (χ1n) is 9.07. The first-order chi connectivity index (χ1) is 13.2. The number of fused-ring (bicyclic) bond motifs is 1. The van der Waals surface area contributed by atoms with Crippen LogP contribution in [-0.2, 0) is 6.42 Å². The molecule has 0 bridgehead atoms. The zero-order valence-corrected chi connectivity index (χ0v) is 16.0. The summed E-state index contributed by atoms with van der Waals surface area (Å²) < 4.78 is 2.34. The van der Waals surface area contributed by atoms with E-state index in [-0.39, 0.29) is 5.91 Å². The molecular formula is C22H21N3OS. The summed E-state index contributed by atoms with van der Waals surface area (Å²) in [5.41, 5.74) is 4.20. The molecule has 0 saturated carbocycles. The molecule has 3 aromatic rings. The highest BCUT2D eigenvalue weighted by molar-refractivity contribution is 8.00. The van der Waals surface area contributed by atoms with Crippen molar-refractivity contribution in [3.05, 3.63) is 83.6 Å². The molecular weight excluding hydrogens is 354 g/mol. The quantitative estimate of drug-likeness (QED) is 0.644. The van der Waals surface area contributed by atoms with Crippen molar-refractivity contribution in [2.24, 2.45) is 0 Å². The molecule has 2 heterocycles. The molecule has 27 heavy (non-hydrogen) atoms. The summed E-state index contributed by atoms with van der Waals surface area (Å²) in [4.78, 5) is 17.9. The van der Waals surface area contributed by atoms with Gasteiger partial charge in [-0.2, -0.15) is 0 Å². The van der Waals surface area contributed by atoms with Crippen LogP contribution in [0, 0.1) is 6.92 Å². The molecule has 2 aromatic carbocycles. The van der Waals surface area contributed by atoms with Crippen LogP contribution in [0.4, 0.5) is 11.5 Å². The van der Waals surface area contributed by atoms with Crippen molar-refractivity contribution in [1.82, 2.24) is 4.98 Å². The standard InChI is InChI=1S/C22H21N3OS/c1-16-6-4-10-21(23-16)24-22(26)18-11-13-19(14-12-18)27-25-15-5-8-17-7-2-3-9-20(17)25/h2-4,6-7,9-14H,5,8,15H2,1H3,(H,23,24,26). The van der Waals surface area contributed by atoms with Gasteiger partial charge in [0.25, 0.3) is 5.91 Å². The van der Waals surface area contributed by atoms with E-state index in [1.165, 1.54) is 11.3 Å². The number of benzene rings is 2. The van der Waals surface area contributed by atoms with Gasteiger partial charge in [-0.05, 0) is 79.7 Å². The van der Waals surface area contributed by atoms with Crippen molar-refractivity contribution in [3.8, 4) is 0 Å². The van der Waals surface area contributed by atoms with Crippen molar-refractivity contribution in [1.29, 1.82) is 0 Å². The Morgan fingerprint density at radius 3 is 2.67 bits per heavy atom.